The van der Waals surface area contributed by atoms with Crippen molar-refractivity contribution in [3.63, 3.8) is 0 Å². The number of hydrogen-bond donors (Lipinski definition) is 2. The average Bonchev–Trinajstić information content (AvgIpc) is 3.04. The third kappa shape index (κ3) is 3.49. The number of amides is 1. The van der Waals surface area contributed by atoms with Crippen molar-refractivity contribution in [3.8, 4) is 17.1 Å². The number of rotatable bonds is 5. The topological polar surface area (TPSA) is 108 Å². The van der Waals surface area contributed by atoms with Crippen LogP contribution in [0.15, 0.2) is 48.5 Å². The van der Waals surface area contributed by atoms with Gasteiger partial charge in [-0.1, -0.05) is 12.1 Å². The summed E-state index contributed by atoms with van der Waals surface area (Å²) >= 11 is 0. The Morgan fingerprint density at radius 1 is 1.21 bits per heavy atom. The maximum Gasteiger partial charge on any atom is 0.248 e. The Labute approximate surface area is 138 Å². The van der Waals surface area contributed by atoms with Gasteiger partial charge in [-0.2, -0.15) is 4.80 Å². The number of hydrogen-bond acceptors (Lipinski definition) is 6. The fourth-order valence-corrected chi connectivity index (χ4v) is 2.12. The van der Waals surface area contributed by atoms with Crippen LogP contribution in [0.2, 0.25) is 0 Å². The number of methoxy groups -OCH3 is 1. The SMILES string of the molecule is COc1ccc(NC(=O)Cn2nnc(-c3ccccc3N)n2)cc1. The maximum atomic E-state index is 12.1. The number of carbonyl (C=O) groups excluding carboxylic acids is 1. The van der Waals surface area contributed by atoms with E-state index >= 15 is 0 Å². The predicted octanol–water partition coefficient (Wildman–Crippen LogP) is 1.57. The van der Waals surface area contributed by atoms with Gasteiger partial charge in [-0.15, -0.1) is 10.2 Å². The van der Waals surface area contributed by atoms with E-state index < -0.39 is 0 Å². The molecule has 1 amide bonds. The van der Waals surface area contributed by atoms with Gasteiger partial charge < -0.3 is 15.8 Å². The van der Waals surface area contributed by atoms with Gasteiger partial charge in [0.05, 0.1) is 7.11 Å². The van der Waals surface area contributed by atoms with E-state index in [9.17, 15) is 4.79 Å². The molecule has 1 heterocycles. The molecular weight excluding hydrogens is 308 g/mol. The molecule has 0 unspecified atom stereocenters. The molecule has 0 saturated carbocycles. The van der Waals surface area contributed by atoms with Crippen LogP contribution in [0.25, 0.3) is 11.4 Å². The Hall–Kier alpha value is -3.42. The second kappa shape index (κ2) is 6.78. The summed E-state index contributed by atoms with van der Waals surface area (Å²) in [6, 6.07) is 14.2. The molecule has 122 valence electrons. The van der Waals surface area contributed by atoms with E-state index in [1.165, 1.54) is 4.80 Å². The Morgan fingerprint density at radius 3 is 2.67 bits per heavy atom. The first-order valence-electron chi connectivity index (χ1n) is 7.22. The number of aromatic nitrogens is 4. The fourth-order valence-electron chi connectivity index (χ4n) is 2.12. The molecule has 3 rings (SSSR count). The lowest BCUT2D eigenvalue weighted by Crippen LogP contribution is -2.20. The second-order valence-electron chi connectivity index (χ2n) is 5.01. The van der Waals surface area contributed by atoms with Crippen molar-refractivity contribution < 1.29 is 9.53 Å². The van der Waals surface area contributed by atoms with Crippen LogP contribution in [-0.4, -0.2) is 33.2 Å². The van der Waals surface area contributed by atoms with Crippen molar-refractivity contribution in [2.24, 2.45) is 0 Å². The smallest absolute Gasteiger partial charge is 0.248 e. The van der Waals surface area contributed by atoms with Crippen LogP contribution in [0.1, 0.15) is 0 Å². The van der Waals surface area contributed by atoms with Crippen LogP contribution in [-0.2, 0) is 11.3 Å². The van der Waals surface area contributed by atoms with Gasteiger partial charge in [0.1, 0.15) is 12.3 Å². The van der Waals surface area contributed by atoms with Gasteiger partial charge in [-0.05, 0) is 41.6 Å². The second-order valence-corrected chi connectivity index (χ2v) is 5.01. The number of tetrazole rings is 1. The van der Waals surface area contributed by atoms with Gasteiger partial charge in [0.2, 0.25) is 11.7 Å². The quantitative estimate of drug-likeness (QED) is 0.690. The van der Waals surface area contributed by atoms with Gasteiger partial charge in [-0.25, -0.2) is 0 Å². The Kier molecular flexibility index (Phi) is 4.37. The molecule has 1 aromatic heterocycles. The van der Waals surface area contributed by atoms with E-state index in [2.05, 4.69) is 20.7 Å². The van der Waals surface area contributed by atoms with Gasteiger partial charge in [0.25, 0.3) is 0 Å². The molecule has 0 saturated heterocycles. The third-order valence-electron chi connectivity index (χ3n) is 3.31. The highest BCUT2D eigenvalue weighted by atomic mass is 16.5. The number of nitrogens with zero attached hydrogens (tertiary/aromatic N) is 4. The monoisotopic (exact) mass is 324 g/mol. The molecule has 0 aliphatic rings. The molecular formula is C16H16N6O2. The first-order valence-corrected chi connectivity index (χ1v) is 7.22. The normalized spacial score (nSPS) is 10.4. The van der Waals surface area contributed by atoms with E-state index in [4.69, 9.17) is 10.5 Å². The van der Waals surface area contributed by atoms with Crippen molar-refractivity contribution in [3.05, 3.63) is 48.5 Å². The lowest BCUT2D eigenvalue weighted by atomic mass is 10.2. The highest BCUT2D eigenvalue weighted by molar-refractivity contribution is 5.90. The molecule has 2 aromatic carbocycles. The van der Waals surface area contributed by atoms with Crippen LogP contribution in [0, 0.1) is 0 Å². The van der Waals surface area contributed by atoms with E-state index in [0.717, 1.165) is 5.75 Å². The van der Waals surface area contributed by atoms with Gasteiger partial charge in [0, 0.05) is 16.9 Å². The third-order valence-corrected chi connectivity index (χ3v) is 3.31. The largest absolute Gasteiger partial charge is 0.497 e. The van der Waals surface area contributed by atoms with Crippen LogP contribution >= 0.6 is 0 Å². The summed E-state index contributed by atoms with van der Waals surface area (Å²) in [5.74, 6) is 0.839. The summed E-state index contributed by atoms with van der Waals surface area (Å²) in [6.07, 6.45) is 0. The summed E-state index contributed by atoms with van der Waals surface area (Å²) in [4.78, 5) is 13.3. The van der Waals surface area contributed by atoms with E-state index in [-0.39, 0.29) is 12.5 Å². The molecule has 8 nitrogen and oxygen atoms in total. The minimum atomic E-state index is -0.259. The lowest BCUT2D eigenvalue weighted by molar-refractivity contribution is -0.117. The fraction of sp³-hybridized carbons (Fsp3) is 0.125. The number of benzene rings is 2. The van der Waals surface area contributed by atoms with Crippen molar-refractivity contribution in [1.82, 2.24) is 20.2 Å². The highest BCUT2D eigenvalue weighted by Gasteiger charge is 2.11. The Morgan fingerprint density at radius 2 is 1.96 bits per heavy atom. The number of nitrogen functional groups attached to an aromatic ring is 1. The minimum absolute atomic E-state index is 0.0498. The summed E-state index contributed by atoms with van der Waals surface area (Å²) in [6.45, 7) is -0.0498. The molecule has 8 heteroatoms. The summed E-state index contributed by atoms with van der Waals surface area (Å²) in [5, 5.41) is 14.8. The molecule has 0 bridgehead atoms. The summed E-state index contributed by atoms with van der Waals surface area (Å²) in [5.41, 5.74) is 7.78. The molecule has 0 atom stereocenters. The zero-order chi connectivity index (χ0) is 16.9. The van der Waals surface area contributed by atoms with Crippen LogP contribution < -0.4 is 15.8 Å². The average molecular weight is 324 g/mol. The number of carbonyl (C=O) groups is 1. The minimum Gasteiger partial charge on any atom is -0.497 e. The van der Waals surface area contributed by atoms with E-state index in [0.29, 0.717) is 22.8 Å². The standard InChI is InChI=1S/C16H16N6O2/c1-24-12-8-6-11(7-9-12)18-15(23)10-22-20-16(19-21-22)13-4-2-3-5-14(13)17/h2-9H,10,17H2,1H3,(H,18,23). The molecule has 3 aromatic rings. The van der Waals surface area contributed by atoms with Crippen LogP contribution in [0.4, 0.5) is 11.4 Å². The van der Waals surface area contributed by atoms with Crippen molar-refractivity contribution in [2.45, 2.75) is 6.54 Å². The van der Waals surface area contributed by atoms with Gasteiger partial charge in [-0.3, -0.25) is 4.79 Å². The van der Waals surface area contributed by atoms with Gasteiger partial charge in [0.15, 0.2) is 0 Å². The van der Waals surface area contributed by atoms with Gasteiger partial charge >= 0.3 is 0 Å². The molecule has 0 radical (unpaired) electrons. The summed E-state index contributed by atoms with van der Waals surface area (Å²) in [7, 11) is 1.58. The predicted molar refractivity (Wildman–Crippen MR) is 89.3 cm³/mol. The zero-order valence-electron chi connectivity index (χ0n) is 13.0. The van der Waals surface area contributed by atoms with Crippen molar-refractivity contribution >= 4 is 17.3 Å². The molecule has 3 N–H and O–H groups in total. The Bertz CT molecular complexity index is 844. The molecule has 0 aliphatic carbocycles. The lowest BCUT2D eigenvalue weighted by Gasteiger charge is -2.05. The van der Waals surface area contributed by atoms with E-state index in [1.54, 1.807) is 43.5 Å². The molecule has 24 heavy (non-hydrogen) atoms. The first kappa shape index (κ1) is 15.5. The van der Waals surface area contributed by atoms with Crippen molar-refractivity contribution in [1.29, 1.82) is 0 Å². The van der Waals surface area contributed by atoms with E-state index in [1.807, 2.05) is 12.1 Å². The number of nitrogens with one attached hydrogen (secondary N) is 1. The number of ether oxygens (including phenoxy) is 1. The molecule has 0 fully saturated rings. The van der Waals surface area contributed by atoms with Crippen LogP contribution in [0.3, 0.4) is 0 Å². The first-order chi connectivity index (χ1) is 11.7. The number of anilines is 2. The van der Waals surface area contributed by atoms with Crippen LogP contribution in [0.5, 0.6) is 5.75 Å². The zero-order valence-corrected chi connectivity index (χ0v) is 13.0. The Balaban J connectivity index is 1.66. The molecule has 0 spiro atoms. The number of para-hydroxylation sites is 1. The molecule has 0 aliphatic heterocycles. The summed E-state index contributed by atoms with van der Waals surface area (Å²) < 4.78 is 5.07. The highest BCUT2D eigenvalue weighted by Crippen LogP contribution is 2.20. The maximum absolute atomic E-state index is 12.1. The number of nitrogens with two attached hydrogens (primary N) is 1. The van der Waals surface area contributed by atoms with Crippen molar-refractivity contribution in [2.75, 3.05) is 18.2 Å².